The Bertz CT molecular complexity index is 289. The van der Waals surface area contributed by atoms with Crippen LogP contribution in [-0.2, 0) is 6.42 Å². The Balaban J connectivity index is 2.34. The lowest BCUT2D eigenvalue weighted by atomic mass is 10.1. The van der Waals surface area contributed by atoms with Crippen LogP contribution < -0.4 is 5.32 Å². The summed E-state index contributed by atoms with van der Waals surface area (Å²) in [5, 5.41) is 3.57. The smallest absolute Gasteiger partial charge is 0.0342 e. The van der Waals surface area contributed by atoms with Gasteiger partial charge in [0.1, 0.15) is 0 Å². The van der Waals surface area contributed by atoms with Crippen molar-refractivity contribution in [3.05, 3.63) is 29.8 Å². The van der Waals surface area contributed by atoms with Crippen molar-refractivity contribution < 1.29 is 0 Å². The third-order valence-corrected chi connectivity index (χ3v) is 3.15. The molecule has 0 spiro atoms. The standard InChI is InChI=1S/C16H27N/c1-4-6-7-9-14(3)17-16-12-10-15(8-5-2)11-13-16/h10-14,17H,4-9H2,1-3H3. The third kappa shape index (κ3) is 5.76. The number of aryl methyl sites for hydroxylation is 1. The first-order chi connectivity index (χ1) is 8.26. The van der Waals surface area contributed by atoms with E-state index in [2.05, 4.69) is 50.4 Å². The van der Waals surface area contributed by atoms with Gasteiger partial charge in [-0.15, -0.1) is 0 Å². The second kappa shape index (κ2) is 8.16. The summed E-state index contributed by atoms with van der Waals surface area (Å²) >= 11 is 0. The van der Waals surface area contributed by atoms with Gasteiger partial charge in [-0.25, -0.2) is 0 Å². The second-order valence-electron chi connectivity index (χ2n) is 4.99. The van der Waals surface area contributed by atoms with Crippen LogP contribution >= 0.6 is 0 Å². The first-order valence-electron chi connectivity index (χ1n) is 7.11. The van der Waals surface area contributed by atoms with Crippen molar-refractivity contribution in [3.63, 3.8) is 0 Å². The first-order valence-corrected chi connectivity index (χ1v) is 7.11. The predicted molar refractivity (Wildman–Crippen MR) is 77.7 cm³/mol. The molecule has 0 saturated heterocycles. The van der Waals surface area contributed by atoms with Crippen LogP contribution in [0.4, 0.5) is 5.69 Å². The van der Waals surface area contributed by atoms with Crippen molar-refractivity contribution in [1.82, 2.24) is 0 Å². The minimum atomic E-state index is 0.582. The van der Waals surface area contributed by atoms with E-state index in [-0.39, 0.29) is 0 Å². The summed E-state index contributed by atoms with van der Waals surface area (Å²) in [6.07, 6.45) is 7.66. The van der Waals surface area contributed by atoms with Gasteiger partial charge < -0.3 is 5.32 Å². The van der Waals surface area contributed by atoms with E-state index < -0.39 is 0 Å². The second-order valence-corrected chi connectivity index (χ2v) is 4.99. The van der Waals surface area contributed by atoms with Crippen LogP contribution in [0.5, 0.6) is 0 Å². The molecule has 1 heteroatoms. The Kier molecular flexibility index (Phi) is 6.76. The van der Waals surface area contributed by atoms with Gasteiger partial charge in [-0.05, 0) is 37.5 Å². The lowest BCUT2D eigenvalue weighted by Gasteiger charge is -2.15. The van der Waals surface area contributed by atoms with Crippen LogP contribution in [0.1, 0.15) is 58.4 Å². The van der Waals surface area contributed by atoms with Gasteiger partial charge in [-0.2, -0.15) is 0 Å². The van der Waals surface area contributed by atoms with Crippen LogP contribution in [-0.4, -0.2) is 6.04 Å². The molecule has 1 atom stereocenters. The van der Waals surface area contributed by atoms with Crippen molar-refractivity contribution in [2.45, 2.75) is 65.3 Å². The molecule has 0 aliphatic rings. The molecular weight excluding hydrogens is 206 g/mol. The molecule has 96 valence electrons. The van der Waals surface area contributed by atoms with Crippen LogP contribution in [0.3, 0.4) is 0 Å². The summed E-state index contributed by atoms with van der Waals surface area (Å²) in [7, 11) is 0. The molecule has 1 rings (SSSR count). The topological polar surface area (TPSA) is 12.0 Å². The summed E-state index contributed by atoms with van der Waals surface area (Å²) in [5.41, 5.74) is 2.70. The predicted octanol–water partition coefficient (Wildman–Crippen LogP) is 5.02. The molecule has 17 heavy (non-hydrogen) atoms. The van der Waals surface area contributed by atoms with Crippen LogP contribution in [0.15, 0.2) is 24.3 Å². The molecule has 1 aromatic carbocycles. The summed E-state index contributed by atoms with van der Waals surface area (Å²) < 4.78 is 0. The molecule has 0 aliphatic carbocycles. The van der Waals surface area contributed by atoms with Gasteiger partial charge in [-0.1, -0.05) is 51.7 Å². The maximum atomic E-state index is 3.57. The molecule has 1 N–H and O–H groups in total. The van der Waals surface area contributed by atoms with Gasteiger partial charge in [0.2, 0.25) is 0 Å². The average molecular weight is 233 g/mol. The fourth-order valence-electron chi connectivity index (χ4n) is 2.11. The van der Waals surface area contributed by atoms with Crippen LogP contribution in [0.2, 0.25) is 0 Å². The zero-order valence-corrected chi connectivity index (χ0v) is 11.6. The van der Waals surface area contributed by atoms with Crippen molar-refractivity contribution in [2.75, 3.05) is 5.32 Å². The van der Waals surface area contributed by atoms with Gasteiger partial charge in [0.25, 0.3) is 0 Å². The Hall–Kier alpha value is -0.980. The van der Waals surface area contributed by atoms with E-state index in [1.54, 1.807) is 0 Å². The molecule has 0 saturated carbocycles. The van der Waals surface area contributed by atoms with Crippen molar-refractivity contribution in [3.8, 4) is 0 Å². The first kappa shape index (κ1) is 14.1. The monoisotopic (exact) mass is 233 g/mol. The molecule has 0 heterocycles. The fraction of sp³-hybridized carbons (Fsp3) is 0.625. The SMILES string of the molecule is CCCCCC(C)Nc1ccc(CCC)cc1. The number of anilines is 1. The zero-order chi connectivity index (χ0) is 12.5. The van der Waals surface area contributed by atoms with Crippen molar-refractivity contribution in [2.24, 2.45) is 0 Å². The van der Waals surface area contributed by atoms with Gasteiger partial charge >= 0.3 is 0 Å². The minimum absolute atomic E-state index is 0.582. The number of rotatable bonds is 8. The summed E-state index contributed by atoms with van der Waals surface area (Å²) in [4.78, 5) is 0. The number of unbranched alkanes of at least 4 members (excludes halogenated alkanes) is 2. The molecule has 1 unspecified atom stereocenters. The highest BCUT2D eigenvalue weighted by Crippen LogP contribution is 2.14. The molecule has 0 amide bonds. The number of nitrogens with one attached hydrogen (secondary N) is 1. The highest BCUT2D eigenvalue weighted by Gasteiger charge is 2.01. The quantitative estimate of drug-likeness (QED) is 0.622. The van der Waals surface area contributed by atoms with Crippen molar-refractivity contribution >= 4 is 5.69 Å². The zero-order valence-electron chi connectivity index (χ0n) is 11.6. The van der Waals surface area contributed by atoms with E-state index >= 15 is 0 Å². The highest BCUT2D eigenvalue weighted by atomic mass is 14.9. The maximum Gasteiger partial charge on any atom is 0.0342 e. The molecule has 0 fully saturated rings. The normalized spacial score (nSPS) is 12.4. The minimum Gasteiger partial charge on any atom is -0.383 e. The molecule has 0 aromatic heterocycles. The summed E-state index contributed by atoms with van der Waals surface area (Å²) in [6, 6.07) is 9.48. The van der Waals surface area contributed by atoms with Crippen LogP contribution in [0.25, 0.3) is 0 Å². The number of benzene rings is 1. The highest BCUT2D eigenvalue weighted by molar-refractivity contribution is 5.45. The van der Waals surface area contributed by atoms with E-state index in [1.165, 1.54) is 49.8 Å². The van der Waals surface area contributed by atoms with Crippen LogP contribution in [0, 0.1) is 0 Å². The molecule has 1 nitrogen and oxygen atoms in total. The average Bonchev–Trinajstić information content (AvgIpc) is 2.32. The molecule has 1 aromatic rings. The maximum absolute atomic E-state index is 3.57. The lowest BCUT2D eigenvalue weighted by Crippen LogP contribution is -2.14. The Labute approximate surface area is 107 Å². The summed E-state index contributed by atoms with van der Waals surface area (Å²) in [5.74, 6) is 0. The van der Waals surface area contributed by atoms with Crippen molar-refractivity contribution in [1.29, 1.82) is 0 Å². The molecular formula is C16H27N. The fourth-order valence-corrected chi connectivity index (χ4v) is 2.11. The summed E-state index contributed by atoms with van der Waals surface area (Å²) in [6.45, 7) is 6.75. The lowest BCUT2D eigenvalue weighted by molar-refractivity contribution is 0.615. The van der Waals surface area contributed by atoms with E-state index in [9.17, 15) is 0 Å². The van der Waals surface area contributed by atoms with E-state index in [4.69, 9.17) is 0 Å². The number of hydrogen-bond donors (Lipinski definition) is 1. The Morgan fingerprint density at radius 2 is 1.71 bits per heavy atom. The Morgan fingerprint density at radius 1 is 1.00 bits per heavy atom. The third-order valence-electron chi connectivity index (χ3n) is 3.15. The van der Waals surface area contributed by atoms with Gasteiger partial charge in [-0.3, -0.25) is 0 Å². The van der Waals surface area contributed by atoms with E-state index in [1.807, 2.05) is 0 Å². The molecule has 0 aliphatic heterocycles. The van der Waals surface area contributed by atoms with Gasteiger partial charge in [0.05, 0.1) is 0 Å². The number of hydrogen-bond acceptors (Lipinski definition) is 1. The van der Waals surface area contributed by atoms with E-state index in [0.29, 0.717) is 6.04 Å². The van der Waals surface area contributed by atoms with Gasteiger partial charge in [0, 0.05) is 11.7 Å². The molecule has 0 bridgehead atoms. The largest absolute Gasteiger partial charge is 0.383 e. The Morgan fingerprint density at radius 3 is 2.29 bits per heavy atom. The molecule has 0 radical (unpaired) electrons. The van der Waals surface area contributed by atoms with Gasteiger partial charge in [0.15, 0.2) is 0 Å². The van der Waals surface area contributed by atoms with E-state index in [0.717, 1.165) is 0 Å².